The second kappa shape index (κ2) is 6.00. The second-order valence-corrected chi connectivity index (χ2v) is 5.43. The molecule has 0 aromatic heterocycles. The standard InChI is InChI=1S/C13H17NO3S/c1-17-12-5-4-9(13(15)16)7-11(12)14-10-3-2-6-18-8-10/h4-5,7,10,14H,2-3,6,8H2,1H3,(H,15,16). The molecular weight excluding hydrogens is 250 g/mol. The van der Waals surface area contributed by atoms with Crippen molar-refractivity contribution in [1.29, 1.82) is 0 Å². The molecule has 1 fully saturated rings. The first-order valence-electron chi connectivity index (χ1n) is 5.96. The van der Waals surface area contributed by atoms with Crippen molar-refractivity contribution in [3.05, 3.63) is 23.8 Å². The maximum atomic E-state index is 11.0. The highest BCUT2D eigenvalue weighted by atomic mass is 32.2. The molecule has 0 spiro atoms. The maximum absolute atomic E-state index is 11.0. The third kappa shape index (κ3) is 3.10. The summed E-state index contributed by atoms with van der Waals surface area (Å²) >= 11 is 1.93. The molecule has 0 amide bonds. The number of carboxylic acids is 1. The summed E-state index contributed by atoms with van der Waals surface area (Å²) in [5.41, 5.74) is 1.05. The maximum Gasteiger partial charge on any atom is 0.335 e. The molecule has 1 saturated heterocycles. The van der Waals surface area contributed by atoms with Crippen LogP contribution in [0.3, 0.4) is 0 Å². The molecule has 1 aromatic carbocycles. The van der Waals surface area contributed by atoms with Crippen molar-refractivity contribution < 1.29 is 14.6 Å². The smallest absolute Gasteiger partial charge is 0.335 e. The number of thioether (sulfide) groups is 1. The number of methoxy groups -OCH3 is 1. The van der Waals surface area contributed by atoms with E-state index in [1.807, 2.05) is 11.8 Å². The highest BCUT2D eigenvalue weighted by Gasteiger charge is 2.16. The van der Waals surface area contributed by atoms with Gasteiger partial charge in [0.15, 0.2) is 0 Å². The van der Waals surface area contributed by atoms with Crippen molar-refractivity contribution in [2.24, 2.45) is 0 Å². The van der Waals surface area contributed by atoms with E-state index in [4.69, 9.17) is 9.84 Å². The zero-order valence-electron chi connectivity index (χ0n) is 10.3. The lowest BCUT2D eigenvalue weighted by Crippen LogP contribution is -2.26. The predicted octanol–water partition coefficient (Wildman–Crippen LogP) is 2.70. The van der Waals surface area contributed by atoms with Crippen LogP contribution in [0.25, 0.3) is 0 Å². The van der Waals surface area contributed by atoms with Crippen LogP contribution < -0.4 is 10.1 Å². The van der Waals surface area contributed by atoms with Crippen molar-refractivity contribution >= 4 is 23.4 Å². The highest BCUT2D eigenvalue weighted by molar-refractivity contribution is 7.99. The summed E-state index contributed by atoms with van der Waals surface area (Å²) in [6.45, 7) is 0. The van der Waals surface area contributed by atoms with Gasteiger partial charge in [-0.3, -0.25) is 0 Å². The number of hydrogen-bond acceptors (Lipinski definition) is 4. The summed E-state index contributed by atoms with van der Waals surface area (Å²) < 4.78 is 5.26. The van der Waals surface area contributed by atoms with Gasteiger partial charge < -0.3 is 15.2 Å². The van der Waals surface area contributed by atoms with Crippen LogP contribution in [0.4, 0.5) is 5.69 Å². The first kappa shape index (κ1) is 13.1. The molecule has 0 aliphatic carbocycles. The number of aromatic carboxylic acids is 1. The van der Waals surface area contributed by atoms with E-state index in [0.717, 1.165) is 17.9 Å². The third-order valence-electron chi connectivity index (χ3n) is 2.97. The average molecular weight is 267 g/mol. The Bertz CT molecular complexity index is 430. The lowest BCUT2D eigenvalue weighted by atomic mass is 10.1. The van der Waals surface area contributed by atoms with Crippen LogP contribution in [-0.4, -0.2) is 35.7 Å². The van der Waals surface area contributed by atoms with Crippen LogP contribution in [0.5, 0.6) is 5.75 Å². The van der Waals surface area contributed by atoms with Crippen LogP contribution in [0.2, 0.25) is 0 Å². The van der Waals surface area contributed by atoms with Gasteiger partial charge in [-0.1, -0.05) is 0 Å². The van der Waals surface area contributed by atoms with Crippen molar-refractivity contribution in [2.45, 2.75) is 18.9 Å². The number of carboxylic acid groups (broad SMARTS) is 1. The second-order valence-electron chi connectivity index (χ2n) is 4.28. The van der Waals surface area contributed by atoms with Gasteiger partial charge in [-0.25, -0.2) is 4.79 Å². The van der Waals surface area contributed by atoms with E-state index in [-0.39, 0.29) is 5.56 Å². The molecule has 1 heterocycles. The Labute approximate surface area is 111 Å². The van der Waals surface area contributed by atoms with Crippen molar-refractivity contribution in [2.75, 3.05) is 23.9 Å². The molecule has 2 rings (SSSR count). The fourth-order valence-corrected chi connectivity index (χ4v) is 3.10. The summed E-state index contributed by atoms with van der Waals surface area (Å²) in [6, 6.07) is 5.28. The number of carbonyl (C=O) groups is 1. The summed E-state index contributed by atoms with van der Waals surface area (Å²) in [4.78, 5) is 11.0. The Morgan fingerprint density at radius 1 is 1.56 bits per heavy atom. The molecule has 1 aromatic rings. The van der Waals surface area contributed by atoms with E-state index in [2.05, 4.69) is 5.32 Å². The number of benzene rings is 1. The quantitative estimate of drug-likeness (QED) is 0.878. The number of ether oxygens (including phenoxy) is 1. The van der Waals surface area contributed by atoms with Gasteiger partial charge in [0.1, 0.15) is 5.75 Å². The topological polar surface area (TPSA) is 58.6 Å². The molecule has 1 aliphatic rings. The van der Waals surface area contributed by atoms with E-state index >= 15 is 0 Å². The fraction of sp³-hybridized carbons (Fsp3) is 0.462. The van der Waals surface area contributed by atoms with Crippen LogP contribution >= 0.6 is 11.8 Å². The number of nitrogens with one attached hydrogen (secondary N) is 1. The van der Waals surface area contributed by atoms with Crippen LogP contribution in [0.15, 0.2) is 18.2 Å². The lowest BCUT2D eigenvalue weighted by Gasteiger charge is -2.24. The SMILES string of the molecule is COc1ccc(C(=O)O)cc1NC1CCCSC1. The summed E-state index contributed by atoms with van der Waals surface area (Å²) in [5.74, 6) is 2.04. The molecule has 0 bridgehead atoms. The van der Waals surface area contributed by atoms with Gasteiger partial charge in [0.25, 0.3) is 0 Å². The van der Waals surface area contributed by atoms with Crippen molar-refractivity contribution in [3.63, 3.8) is 0 Å². The Kier molecular flexibility index (Phi) is 4.36. The highest BCUT2D eigenvalue weighted by Crippen LogP contribution is 2.29. The number of anilines is 1. The first-order chi connectivity index (χ1) is 8.70. The average Bonchev–Trinajstić information content (AvgIpc) is 2.39. The normalized spacial score (nSPS) is 19.3. The molecule has 4 nitrogen and oxygen atoms in total. The molecular formula is C13H17NO3S. The zero-order valence-corrected chi connectivity index (χ0v) is 11.1. The van der Waals surface area contributed by atoms with Gasteiger partial charge in [0.05, 0.1) is 18.4 Å². The van der Waals surface area contributed by atoms with Gasteiger partial charge in [-0.15, -0.1) is 0 Å². The molecule has 0 saturated carbocycles. The van der Waals surface area contributed by atoms with E-state index in [1.165, 1.54) is 12.2 Å². The van der Waals surface area contributed by atoms with Gasteiger partial charge in [-0.2, -0.15) is 11.8 Å². The molecule has 2 N–H and O–H groups in total. The van der Waals surface area contributed by atoms with Gasteiger partial charge >= 0.3 is 5.97 Å². The van der Waals surface area contributed by atoms with Crippen molar-refractivity contribution in [3.8, 4) is 5.75 Å². The molecule has 0 radical (unpaired) electrons. The first-order valence-corrected chi connectivity index (χ1v) is 7.12. The summed E-state index contributed by atoms with van der Waals surface area (Å²) in [7, 11) is 1.59. The number of hydrogen-bond donors (Lipinski definition) is 2. The minimum absolute atomic E-state index is 0.279. The summed E-state index contributed by atoms with van der Waals surface area (Å²) in [5, 5.41) is 12.4. The van der Waals surface area contributed by atoms with E-state index in [9.17, 15) is 4.79 Å². The molecule has 1 unspecified atom stereocenters. The number of rotatable bonds is 4. The Hall–Kier alpha value is -1.36. The monoisotopic (exact) mass is 267 g/mol. The zero-order chi connectivity index (χ0) is 13.0. The molecule has 18 heavy (non-hydrogen) atoms. The van der Waals surface area contributed by atoms with Gasteiger partial charge in [0, 0.05) is 11.8 Å². The largest absolute Gasteiger partial charge is 0.495 e. The Morgan fingerprint density at radius 3 is 3.00 bits per heavy atom. The Balaban J connectivity index is 2.17. The van der Waals surface area contributed by atoms with Crippen LogP contribution in [0.1, 0.15) is 23.2 Å². The fourth-order valence-electron chi connectivity index (χ4n) is 2.03. The van der Waals surface area contributed by atoms with Crippen LogP contribution in [-0.2, 0) is 0 Å². The molecule has 1 aliphatic heterocycles. The minimum Gasteiger partial charge on any atom is -0.495 e. The van der Waals surface area contributed by atoms with Gasteiger partial charge in [0.2, 0.25) is 0 Å². The summed E-state index contributed by atoms with van der Waals surface area (Å²) in [6.07, 6.45) is 2.32. The predicted molar refractivity (Wildman–Crippen MR) is 73.9 cm³/mol. The van der Waals surface area contributed by atoms with E-state index in [0.29, 0.717) is 11.8 Å². The van der Waals surface area contributed by atoms with E-state index in [1.54, 1.807) is 25.3 Å². The minimum atomic E-state index is -0.918. The van der Waals surface area contributed by atoms with E-state index < -0.39 is 5.97 Å². The third-order valence-corrected chi connectivity index (χ3v) is 4.18. The van der Waals surface area contributed by atoms with Crippen molar-refractivity contribution in [1.82, 2.24) is 0 Å². The molecule has 98 valence electrons. The Morgan fingerprint density at radius 2 is 2.39 bits per heavy atom. The lowest BCUT2D eigenvalue weighted by molar-refractivity contribution is 0.0697. The molecule has 1 atom stereocenters. The van der Waals surface area contributed by atoms with Gasteiger partial charge in [-0.05, 0) is 36.8 Å². The molecule has 5 heteroatoms. The van der Waals surface area contributed by atoms with Crippen LogP contribution in [0, 0.1) is 0 Å².